The average molecular weight is 437 g/mol. The highest BCUT2D eigenvalue weighted by molar-refractivity contribution is 9.12. The summed E-state index contributed by atoms with van der Waals surface area (Å²) in [6, 6.07) is 14.3. The van der Waals surface area contributed by atoms with Crippen LogP contribution in [0, 0.1) is 0 Å². The van der Waals surface area contributed by atoms with Crippen LogP contribution >= 0.6 is 55.1 Å². The second-order valence-corrected chi connectivity index (χ2v) is 7.07. The topological polar surface area (TPSA) is 17.1 Å². The smallest absolute Gasteiger partial charge is 0.177 e. The number of Topliss-reactive ketones (excluding diaryl/α,β-unsaturated/α-hetero) is 1. The molecule has 20 heavy (non-hydrogen) atoms. The number of alkyl halides is 2. The van der Waals surface area contributed by atoms with Crippen molar-refractivity contribution in [1.82, 2.24) is 0 Å². The van der Waals surface area contributed by atoms with Crippen LogP contribution in [0.25, 0.3) is 0 Å². The molecule has 2 atom stereocenters. The van der Waals surface area contributed by atoms with Crippen molar-refractivity contribution in [2.45, 2.75) is 9.65 Å². The minimum absolute atomic E-state index is 0.00140. The standard InChI is InChI=1S/C15H10Br2Cl2O/c16-13(9-1-5-11(18)6-2-9)14(17)15(20)10-3-7-12(19)8-4-10/h1-8,13-14H. The Morgan fingerprint density at radius 2 is 1.30 bits per heavy atom. The second-order valence-electron chi connectivity index (χ2n) is 4.23. The zero-order chi connectivity index (χ0) is 14.7. The summed E-state index contributed by atoms with van der Waals surface area (Å²) in [5, 5.41) is 1.28. The number of hydrogen-bond donors (Lipinski definition) is 0. The van der Waals surface area contributed by atoms with E-state index < -0.39 is 0 Å². The first-order valence-corrected chi connectivity index (χ1v) is 8.41. The van der Waals surface area contributed by atoms with Gasteiger partial charge in [-0.3, -0.25) is 4.79 Å². The molecular formula is C15H10Br2Cl2O. The lowest BCUT2D eigenvalue weighted by molar-refractivity contribution is 0.0991. The number of rotatable bonds is 4. The van der Waals surface area contributed by atoms with Gasteiger partial charge in [-0.25, -0.2) is 0 Å². The van der Waals surface area contributed by atoms with Crippen molar-refractivity contribution in [3.05, 3.63) is 69.7 Å². The fourth-order valence-electron chi connectivity index (χ4n) is 1.72. The summed E-state index contributed by atoms with van der Waals surface area (Å²) < 4.78 is 0. The van der Waals surface area contributed by atoms with E-state index in [9.17, 15) is 4.79 Å². The quantitative estimate of drug-likeness (QED) is 0.419. The Morgan fingerprint density at radius 1 is 0.850 bits per heavy atom. The van der Waals surface area contributed by atoms with Gasteiger partial charge in [0, 0.05) is 15.6 Å². The highest BCUT2D eigenvalue weighted by Gasteiger charge is 2.25. The molecule has 0 spiro atoms. The molecule has 0 aromatic heterocycles. The van der Waals surface area contributed by atoms with Gasteiger partial charge in [-0.05, 0) is 42.0 Å². The van der Waals surface area contributed by atoms with Crippen molar-refractivity contribution in [2.24, 2.45) is 0 Å². The molecule has 0 saturated carbocycles. The van der Waals surface area contributed by atoms with Crippen LogP contribution in [-0.2, 0) is 0 Å². The van der Waals surface area contributed by atoms with E-state index in [-0.39, 0.29) is 15.4 Å². The number of hydrogen-bond acceptors (Lipinski definition) is 1. The molecular weight excluding hydrogens is 427 g/mol. The molecule has 0 aliphatic heterocycles. The summed E-state index contributed by atoms with van der Waals surface area (Å²) in [5.74, 6) is -0.00140. The van der Waals surface area contributed by atoms with Gasteiger partial charge in [-0.2, -0.15) is 0 Å². The van der Waals surface area contributed by atoms with Crippen molar-refractivity contribution in [3.63, 3.8) is 0 Å². The lowest BCUT2D eigenvalue weighted by Crippen LogP contribution is -2.19. The van der Waals surface area contributed by atoms with Gasteiger partial charge in [-0.1, -0.05) is 67.2 Å². The third kappa shape index (κ3) is 3.85. The van der Waals surface area contributed by atoms with Gasteiger partial charge in [0.15, 0.2) is 5.78 Å². The molecule has 0 bridgehead atoms. The van der Waals surface area contributed by atoms with E-state index in [1.165, 1.54) is 0 Å². The monoisotopic (exact) mass is 434 g/mol. The average Bonchev–Trinajstić information content (AvgIpc) is 2.46. The molecule has 1 nitrogen and oxygen atoms in total. The van der Waals surface area contributed by atoms with Gasteiger partial charge >= 0.3 is 0 Å². The predicted octanol–water partition coefficient (Wildman–Crippen LogP) is 6.08. The molecule has 0 amide bonds. The van der Waals surface area contributed by atoms with Gasteiger partial charge in [-0.15, -0.1) is 0 Å². The van der Waals surface area contributed by atoms with Gasteiger partial charge in [0.05, 0.1) is 9.65 Å². The number of carbonyl (C=O) groups is 1. The summed E-state index contributed by atoms with van der Waals surface area (Å²) in [7, 11) is 0. The lowest BCUT2D eigenvalue weighted by Gasteiger charge is -2.16. The first kappa shape index (κ1) is 16.0. The molecule has 2 unspecified atom stereocenters. The zero-order valence-electron chi connectivity index (χ0n) is 10.2. The molecule has 0 aliphatic carbocycles. The van der Waals surface area contributed by atoms with Crippen LogP contribution in [0.4, 0.5) is 0 Å². The lowest BCUT2D eigenvalue weighted by atomic mass is 10.0. The molecule has 2 rings (SSSR count). The molecule has 0 radical (unpaired) electrons. The fourth-order valence-corrected chi connectivity index (χ4v) is 3.09. The number of halogens is 4. The summed E-state index contributed by atoms with van der Waals surface area (Å²) >= 11 is 18.7. The van der Waals surface area contributed by atoms with E-state index in [0.717, 1.165) is 5.56 Å². The van der Waals surface area contributed by atoms with Crippen LogP contribution in [0.3, 0.4) is 0 Å². The first-order valence-electron chi connectivity index (χ1n) is 5.82. The summed E-state index contributed by atoms with van der Waals surface area (Å²) in [6.07, 6.45) is 0. The third-order valence-electron chi connectivity index (χ3n) is 2.82. The van der Waals surface area contributed by atoms with Crippen LogP contribution in [0.2, 0.25) is 10.0 Å². The minimum atomic E-state index is -0.371. The Labute approximate surface area is 144 Å². The van der Waals surface area contributed by atoms with E-state index >= 15 is 0 Å². The maximum Gasteiger partial charge on any atom is 0.177 e. The van der Waals surface area contributed by atoms with Gasteiger partial charge in [0.25, 0.3) is 0 Å². The normalized spacial score (nSPS) is 13.8. The fraction of sp³-hybridized carbons (Fsp3) is 0.133. The van der Waals surface area contributed by atoms with Gasteiger partial charge < -0.3 is 0 Å². The molecule has 5 heteroatoms. The van der Waals surface area contributed by atoms with E-state index in [2.05, 4.69) is 31.9 Å². The molecule has 0 saturated heterocycles. The molecule has 2 aromatic carbocycles. The Balaban J connectivity index is 2.17. The number of ketones is 1. The van der Waals surface area contributed by atoms with E-state index in [1.54, 1.807) is 36.4 Å². The summed E-state index contributed by atoms with van der Waals surface area (Å²) in [6.45, 7) is 0. The minimum Gasteiger partial charge on any atom is -0.293 e. The third-order valence-corrected chi connectivity index (χ3v) is 6.04. The molecule has 2 aromatic rings. The summed E-state index contributed by atoms with van der Waals surface area (Å²) in [4.78, 5) is 11.9. The Bertz CT molecular complexity index is 596. The zero-order valence-corrected chi connectivity index (χ0v) is 14.9. The van der Waals surface area contributed by atoms with Crippen LogP contribution < -0.4 is 0 Å². The van der Waals surface area contributed by atoms with Crippen LogP contribution in [0.5, 0.6) is 0 Å². The summed E-state index contributed by atoms with van der Waals surface area (Å²) in [5.41, 5.74) is 1.60. The maximum atomic E-state index is 12.4. The first-order chi connectivity index (χ1) is 9.49. The van der Waals surface area contributed by atoms with E-state index in [0.29, 0.717) is 15.6 Å². The highest BCUT2D eigenvalue weighted by atomic mass is 79.9. The molecule has 104 valence electrons. The van der Waals surface area contributed by atoms with Crippen LogP contribution in [-0.4, -0.2) is 10.6 Å². The van der Waals surface area contributed by atoms with Crippen molar-refractivity contribution in [3.8, 4) is 0 Å². The van der Waals surface area contributed by atoms with Crippen LogP contribution in [0.15, 0.2) is 48.5 Å². The predicted molar refractivity (Wildman–Crippen MR) is 91.6 cm³/mol. The van der Waals surface area contributed by atoms with E-state index in [1.807, 2.05) is 12.1 Å². The maximum absolute atomic E-state index is 12.4. The Kier molecular flexibility index (Phi) is 5.67. The molecule has 0 heterocycles. The van der Waals surface area contributed by atoms with Crippen molar-refractivity contribution >= 4 is 60.8 Å². The van der Waals surface area contributed by atoms with Crippen LogP contribution in [0.1, 0.15) is 20.7 Å². The number of carbonyl (C=O) groups excluding carboxylic acids is 1. The SMILES string of the molecule is O=C(c1ccc(Cl)cc1)C(Br)C(Br)c1ccc(Cl)cc1. The molecule has 0 fully saturated rings. The largest absolute Gasteiger partial charge is 0.293 e. The van der Waals surface area contributed by atoms with Gasteiger partial charge in [0.2, 0.25) is 0 Å². The molecule has 0 aliphatic rings. The Hall–Kier alpha value is -0.350. The Morgan fingerprint density at radius 3 is 1.80 bits per heavy atom. The van der Waals surface area contributed by atoms with Crippen molar-refractivity contribution < 1.29 is 4.79 Å². The van der Waals surface area contributed by atoms with E-state index in [4.69, 9.17) is 23.2 Å². The van der Waals surface area contributed by atoms with Crippen molar-refractivity contribution in [1.29, 1.82) is 0 Å². The molecule has 0 N–H and O–H groups in total. The second kappa shape index (κ2) is 7.08. The number of benzene rings is 2. The van der Waals surface area contributed by atoms with Crippen molar-refractivity contribution in [2.75, 3.05) is 0 Å². The van der Waals surface area contributed by atoms with Gasteiger partial charge in [0.1, 0.15) is 0 Å². The highest BCUT2D eigenvalue weighted by Crippen LogP contribution is 2.33.